The van der Waals surface area contributed by atoms with Crippen LogP contribution in [-0.2, 0) is 33.3 Å². The summed E-state index contributed by atoms with van der Waals surface area (Å²) < 4.78 is 23.0. The van der Waals surface area contributed by atoms with Crippen molar-refractivity contribution in [3.63, 3.8) is 0 Å². The first-order chi connectivity index (χ1) is 41.1. The Morgan fingerprint density at radius 3 is 1.01 bits per heavy atom. The van der Waals surface area contributed by atoms with Crippen molar-refractivity contribution in [3.8, 4) is 0 Å². The number of carboxylic acids is 1. The van der Waals surface area contributed by atoms with Gasteiger partial charge in [0.15, 0.2) is 6.10 Å². The Morgan fingerprint density at radius 2 is 0.679 bits per heavy atom. The smallest absolute Gasteiger partial charge is 0.361 e. The molecule has 0 aliphatic rings. The third-order valence-corrected chi connectivity index (χ3v) is 16.0. The lowest BCUT2D eigenvalue weighted by Gasteiger charge is -2.25. The summed E-state index contributed by atoms with van der Waals surface area (Å²) >= 11 is 0. The van der Waals surface area contributed by atoms with Crippen LogP contribution in [0.4, 0.5) is 0 Å². The van der Waals surface area contributed by atoms with Gasteiger partial charge in [0.05, 0.1) is 34.4 Å². The van der Waals surface area contributed by atoms with Crippen LogP contribution in [0.1, 0.15) is 341 Å². The number of allylic oxidation sites excluding steroid dienone is 10. The molecule has 0 aliphatic carbocycles. The lowest BCUT2D eigenvalue weighted by atomic mass is 10.0. The van der Waals surface area contributed by atoms with E-state index in [-0.39, 0.29) is 38.2 Å². The van der Waals surface area contributed by atoms with E-state index < -0.39 is 18.4 Å². The Kier molecular flexibility index (Phi) is 63.6. The average Bonchev–Trinajstić information content (AvgIpc) is 3.52. The zero-order chi connectivity index (χ0) is 61.2. The second-order valence-electron chi connectivity index (χ2n) is 25.5. The van der Waals surface area contributed by atoms with E-state index in [1.54, 1.807) is 0 Å². The molecule has 2 unspecified atom stereocenters. The summed E-state index contributed by atoms with van der Waals surface area (Å²) in [6.45, 7) is 4.82. The first kappa shape index (κ1) is 81.0. The third-order valence-electron chi connectivity index (χ3n) is 16.0. The van der Waals surface area contributed by atoms with Crippen molar-refractivity contribution in [1.82, 2.24) is 0 Å². The SMILES string of the molecule is CC/C=C\C/C=C\C/C=C\C/C=C\C/C=C\CCCCCCCCCCCCCCCCCCCCCCCCCCCC(=O)OC(COC(=O)CCCCCCCCCCCCCCCCCCCC)COC(OCC[N+](C)(C)C)C(=O)O. The number of esters is 2. The predicted octanol–water partition coefficient (Wildman–Crippen LogP) is 22.3. The Bertz CT molecular complexity index is 1560. The van der Waals surface area contributed by atoms with Gasteiger partial charge in [-0.1, -0.05) is 331 Å². The first-order valence-electron chi connectivity index (χ1n) is 36.0. The standard InChI is InChI=1S/C75H137NO8/c1-6-8-10-12-14-16-18-20-22-24-26-27-28-29-30-31-32-33-34-35-36-37-38-39-40-41-42-43-44-45-46-47-48-50-52-54-56-58-60-62-64-66-73(78)84-71(70-83-75(74(79)80)81-68-67-76(3,4)5)69-82-72(77)65-63-61-59-57-55-53-51-49-25-23-21-19-17-15-13-11-9-7-2/h8,10,14,16,20,22,26-27,29-30,71,75H,6-7,9,11-13,15,17-19,21,23-25,28,31-70H2,1-5H3/p+1/b10-8-,16-14-,22-20-,27-26-,30-29-. The summed E-state index contributed by atoms with van der Waals surface area (Å²) in [6.07, 6.45) is 83.5. The molecule has 0 aromatic carbocycles. The van der Waals surface area contributed by atoms with E-state index in [0.29, 0.717) is 17.4 Å². The van der Waals surface area contributed by atoms with Crippen LogP contribution < -0.4 is 0 Å². The molecule has 0 spiro atoms. The lowest BCUT2D eigenvalue weighted by molar-refractivity contribution is -0.870. The number of ether oxygens (including phenoxy) is 4. The Labute approximate surface area is 520 Å². The third kappa shape index (κ3) is 66.5. The fraction of sp³-hybridized carbons (Fsp3) is 0.827. The predicted molar refractivity (Wildman–Crippen MR) is 360 cm³/mol. The Balaban J connectivity index is 3.94. The highest BCUT2D eigenvalue weighted by Gasteiger charge is 2.25. The molecule has 84 heavy (non-hydrogen) atoms. The number of hydrogen-bond acceptors (Lipinski definition) is 7. The molecule has 0 aromatic heterocycles. The monoisotopic (exact) mass is 1180 g/mol. The number of hydrogen-bond donors (Lipinski definition) is 1. The van der Waals surface area contributed by atoms with Gasteiger partial charge < -0.3 is 28.5 Å². The minimum absolute atomic E-state index is 0.176. The summed E-state index contributed by atoms with van der Waals surface area (Å²) in [5.41, 5.74) is 0. The van der Waals surface area contributed by atoms with Crippen LogP contribution in [0.5, 0.6) is 0 Å². The summed E-state index contributed by atoms with van der Waals surface area (Å²) in [5, 5.41) is 9.74. The molecule has 0 radical (unpaired) electrons. The maximum absolute atomic E-state index is 12.9. The van der Waals surface area contributed by atoms with E-state index in [9.17, 15) is 19.5 Å². The molecule has 490 valence electrons. The molecule has 0 fully saturated rings. The van der Waals surface area contributed by atoms with Gasteiger partial charge in [0.2, 0.25) is 0 Å². The van der Waals surface area contributed by atoms with Crippen LogP contribution in [0.2, 0.25) is 0 Å². The summed E-state index contributed by atoms with van der Waals surface area (Å²) in [7, 11) is 5.99. The molecule has 0 saturated carbocycles. The van der Waals surface area contributed by atoms with Crippen molar-refractivity contribution in [2.45, 2.75) is 354 Å². The molecule has 9 nitrogen and oxygen atoms in total. The van der Waals surface area contributed by atoms with Crippen LogP contribution in [0.15, 0.2) is 60.8 Å². The molecule has 9 heteroatoms. The van der Waals surface area contributed by atoms with Gasteiger partial charge in [-0.15, -0.1) is 0 Å². The second kappa shape index (κ2) is 66.0. The highest BCUT2D eigenvalue weighted by Crippen LogP contribution is 2.19. The molecule has 0 aromatic rings. The van der Waals surface area contributed by atoms with Gasteiger partial charge in [0, 0.05) is 12.8 Å². The normalized spacial score (nSPS) is 13.0. The number of rotatable bonds is 67. The number of nitrogens with zero attached hydrogens (tertiary/aromatic N) is 1. The highest BCUT2D eigenvalue weighted by atomic mass is 16.7. The molecule has 1 N–H and O–H groups in total. The molecule has 0 heterocycles. The minimum Gasteiger partial charge on any atom is -0.477 e. The van der Waals surface area contributed by atoms with Gasteiger partial charge in [0.25, 0.3) is 6.29 Å². The molecular formula is C75H138NO8+. The number of quaternary nitrogens is 1. The summed E-state index contributed by atoms with van der Waals surface area (Å²) in [5.74, 6) is -1.98. The fourth-order valence-electron chi connectivity index (χ4n) is 10.6. The van der Waals surface area contributed by atoms with Crippen LogP contribution in [0.25, 0.3) is 0 Å². The number of likely N-dealkylation sites (N-methyl/N-ethyl adjacent to an activating group) is 1. The van der Waals surface area contributed by atoms with E-state index in [4.69, 9.17) is 18.9 Å². The molecule has 0 rings (SSSR count). The Hall–Kier alpha value is -3.01. The van der Waals surface area contributed by atoms with Crippen molar-refractivity contribution in [3.05, 3.63) is 60.8 Å². The number of aliphatic carboxylic acids is 1. The van der Waals surface area contributed by atoms with Gasteiger partial charge in [-0.2, -0.15) is 0 Å². The van der Waals surface area contributed by atoms with E-state index in [2.05, 4.69) is 74.6 Å². The van der Waals surface area contributed by atoms with Gasteiger partial charge >= 0.3 is 17.9 Å². The zero-order valence-electron chi connectivity index (χ0n) is 56.1. The van der Waals surface area contributed by atoms with Crippen molar-refractivity contribution in [1.29, 1.82) is 0 Å². The first-order valence-corrected chi connectivity index (χ1v) is 36.0. The van der Waals surface area contributed by atoms with Crippen molar-refractivity contribution < 1.29 is 42.9 Å². The molecule has 0 amide bonds. The van der Waals surface area contributed by atoms with Gasteiger partial charge in [-0.25, -0.2) is 4.79 Å². The quantitative estimate of drug-likeness (QED) is 0.0211. The van der Waals surface area contributed by atoms with E-state index >= 15 is 0 Å². The molecule has 0 saturated heterocycles. The summed E-state index contributed by atoms with van der Waals surface area (Å²) in [6, 6.07) is 0. The molecule has 0 bridgehead atoms. The van der Waals surface area contributed by atoms with Crippen LogP contribution in [0, 0.1) is 0 Å². The van der Waals surface area contributed by atoms with E-state index in [0.717, 1.165) is 70.6 Å². The second-order valence-corrected chi connectivity index (χ2v) is 25.5. The highest BCUT2D eigenvalue weighted by molar-refractivity contribution is 5.71. The van der Waals surface area contributed by atoms with Crippen LogP contribution >= 0.6 is 0 Å². The Morgan fingerprint density at radius 1 is 0.369 bits per heavy atom. The number of carbonyl (C=O) groups excluding carboxylic acids is 2. The van der Waals surface area contributed by atoms with Crippen LogP contribution in [-0.4, -0.2) is 87.4 Å². The zero-order valence-corrected chi connectivity index (χ0v) is 56.1. The molecular weight excluding hydrogens is 1040 g/mol. The molecule has 0 aliphatic heterocycles. The van der Waals surface area contributed by atoms with Gasteiger partial charge in [0.1, 0.15) is 13.2 Å². The molecule has 2 atom stereocenters. The van der Waals surface area contributed by atoms with Crippen molar-refractivity contribution >= 4 is 17.9 Å². The minimum atomic E-state index is -1.51. The van der Waals surface area contributed by atoms with E-state index in [1.165, 1.54) is 244 Å². The topological polar surface area (TPSA) is 108 Å². The van der Waals surface area contributed by atoms with Gasteiger partial charge in [-0.05, 0) is 57.8 Å². The fourth-order valence-corrected chi connectivity index (χ4v) is 10.6. The van der Waals surface area contributed by atoms with Crippen molar-refractivity contribution in [2.24, 2.45) is 0 Å². The number of unbranched alkanes of at least 4 members (excludes halogenated alkanes) is 42. The number of carbonyl (C=O) groups is 3. The van der Waals surface area contributed by atoms with E-state index in [1.807, 2.05) is 21.1 Å². The maximum atomic E-state index is 12.9. The number of carboxylic acid groups (broad SMARTS) is 1. The average molecular weight is 1180 g/mol. The lowest BCUT2D eigenvalue weighted by Crippen LogP contribution is -2.40. The van der Waals surface area contributed by atoms with Crippen LogP contribution in [0.3, 0.4) is 0 Å². The van der Waals surface area contributed by atoms with Crippen molar-refractivity contribution in [2.75, 3.05) is 47.5 Å². The largest absolute Gasteiger partial charge is 0.477 e. The summed E-state index contributed by atoms with van der Waals surface area (Å²) in [4.78, 5) is 37.6. The maximum Gasteiger partial charge on any atom is 0.361 e. The van der Waals surface area contributed by atoms with Gasteiger partial charge in [-0.3, -0.25) is 9.59 Å².